The predicted molar refractivity (Wildman–Crippen MR) is 91.3 cm³/mol. The van der Waals surface area contributed by atoms with Gasteiger partial charge in [-0.2, -0.15) is 5.43 Å². The topological polar surface area (TPSA) is 27.3 Å². The summed E-state index contributed by atoms with van der Waals surface area (Å²) in [5, 5.41) is 6.59. The van der Waals surface area contributed by atoms with Crippen LogP contribution in [0.1, 0.15) is 18.1 Å². The van der Waals surface area contributed by atoms with E-state index in [-0.39, 0.29) is 0 Å². The Hall–Kier alpha value is -1.62. The second kappa shape index (κ2) is 5.30. The van der Waals surface area contributed by atoms with Crippen molar-refractivity contribution in [3.63, 3.8) is 0 Å². The van der Waals surface area contributed by atoms with Gasteiger partial charge in [-0.05, 0) is 55.9 Å². The molecule has 2 aromatic carbocycles. The van der Waals surface area contributed by atoms with Crippen molar-refractivity contribution in [1.82, 2.24) is 10.7 Å². The molecule has 0 aliphatic carbocycles. The van der Waals surface area contributed by atoms with Gasteiger partial charge >= 0.3 is 0 Å². The van der Waals surface area contributed by atoms with Crippen molar-refractivity contribution in [3.8, 4) is 0 Å². The summed E-state index contributed by atoms with van der Waals surface area (Å²) in [7, 11) is 0. The van der Waals surface area contributed by atoms with Crippen LogP contribution in [0.15, 0.2) is 48.5 Å². The predicted octanol–water partition coefficient (Wildman–Crippen LogP) is 3.72. The fourth-order valence-corrected chi connectivity index (χ4v) is 2.85. The SMILES string of the molecule is Cc1ccc(N2N[C@](C)(c3ccc(Cl)cc3)NC2=S)cc1. The largest absolute Gasteiger partial charge is 0.338 e. The fraction of sp³-hybridized carbons (Fsp3) is 0.188. The normalized spacial score (nSPS) is 21.5. The number of anilines is 1. The number of thiocarbonyl (C=S) groups is 1. The van der Waals surface area contributed by atoms with Crippen molar-refractivity contribution in [2.24, 2.45) is 0 Å². The second-order valence-electron chi connectivity index (χ2n) is 5.34. The van der Waals surface area contributed by atoms with Gasteiger partial charge in [-0.25, -0.2) is 5.01 Å². The zero-order valence-corrected chi connectivity index (χ0v) is 13.4. The Labute approximate surface area is 134 Å². The van der Waals surface area contributed by atoms with E-state index in [9.17, 15) is 0 Å². The first kappa shape index (κ1) is 14.3. The van der Waals surface area contributed by atoms with Gasteiger partial charge in [0.1, 0.15) is 5.66 Å². The summed E-state index contributed by atoms with van der Waals surface area (Å²) in [6.07, 6.45) is 0. The van der Waals surface area contributed by atoms with Crippen molar-refractivity contribution in [3.05, 3.63) is 64.7 Å². The van der Waals surface area contributed by atoms with Crippen LogP contribution in [0.4, 0.5) is 5.69 Å². The van der Waals surface area contributed by atoms with Crippen molar-refractivity contribution in [2.75, 3.05) is 5.01 Å². The third kappa shape index (κ3) is 2.75. The molecule has 0 saturated carbocycles. The van der Waals surface area contributed by atoms with Gasteiger partial charge in [0.25, 0.3) is 0 Å². The minimum absolute atomic E-state index is 0.452. The molecule has 1 fully saturated rings. The zero-order valence-electron chi connectivity index (χ0n) is 11.9. The minimum Gasteiger partial charge on any atom is -0.338 e. The van der Waals surface area contributed by atoms with E-state index in [4.69, 9.17) is 23.8 Å². The first-order chi connectivity index (χ1) is 9.98. The molecule has 21 heavy (non-hydrogen) atoms. The maximum atomic E-state index is 5.95. The van der Waals surface area contributed by atoms with Crippen molar-refractivity contribution in [2.45, 2.75) is 19.5 Å². The molecule has 3 rings (SSSR count). The van der Waals surface area contributed by atoms with E-state index in [1.165, 1.54) is 5.56 Å². The molecule has 0 bridgehead atoms. The lowest BCUT2D eigenvalue weighted by Crippen LogP contribution is -2.45. The van der Waals surface area contributed by atoms with Gasteiger partial charge in [-0.15, -0.1) is 0 Å². The second-order valence-corrected chi connectivity index (χ2v) is 6.17. The standard InChI is InChI=1S/C16H16ClN3S/c1-11-3-9-14(10-4-11)20-15(21)18-16(2,19-20)12-5-7-13(17)8-6-12/h3-10,19H,1-2H3,(H,18,21)/t16-/m1/s1. The van der Waals surface area contributed by atoms with Crippen LogP contribution in [-0.4, -0.2) is 5.11 Å². The molecule has 2 aromatic rings. The molecule has 0 amide bonds. The summed E-state index contributed by atoms with van der Waals surface area (Å²) in [5.41, 5.74) is 6.28. The highest BCUT2D eigenvalue weighted by Gasteiger charge is 2.37. The molecule has 1 saturated heterocycles. The van der Waals surface area contributed by atoms with Gasteiger partial charge in [-0.3, -0.25) is 0 Å². The van der Waals surface area contributed by atoms with Crippen LogP contribution in [0.2, 0.25) is 5.02 Å². The fourth-order valence-electron chi connectivity index (χ4n) is 2.37. The monoisotopic (exact) mass is 317 g/mol. The molecule has 0 unspecified atom stereocenters. The van der Waals surface area contributed by atoms with E-state index < -0.39 is 5.66 Å². The minimum atomic E-state index is -0.452. The summed E-state index contributed by atoms with van der Waals surface area (Å²) in [6.45, 7) is 4.12. The number of hydrogen-bond donors (Lipinski definition) is 2. The summed E-state index contributed by atoms with van der Waals surface area (Å²) >= 11 is 11.4. The van der Waals surface area contributed by atoms with Crippen LogP contribution in [0.25, 0.3) is 0 Å². The van der Waals surface area contributed by atoms with Crippen molar-refractivity contribution >= 4 is 34.6 Å². The number of rotatable bonds is 2. The molecule has 1 aliphatic heterocycles. The number of nitrogens with one attached hydrogen (secondary N) is 2. The van der Waals surface area contributed by atoms with Crippen LogP contribution in [0.3, 0.4) is 0 Å². The van der Waals surface area contributed by atoms with Crippen LogP contribution in [0.5, 0.6) is 0 Å². The zero-order chi connectivity index (χ0) is 15.0. The molecule has 2 N–H and O–H groups in total. The van der Waals surface area contributed by atoms with Gasteiger partial charge in [0.05, 0.1) is 5.69 Å². The Kier molecular flexibility index (Phi) is 3.61. The summed E-state index contributed by atoms with van der Waals surface area (Å²) in [5.74, 6) is 0. The Morgan fingerprint density at radius 3 is 2.29 bits per heavy atom. The number of benzene rings is 2. The summed E-state index contributed by atoms with van der Waals surface area (Å²) in [4.78, 5) is 0. The highest BCUT2D eigenvalue weighted by atomic mass is 35.5. The van der Waals surface area contributed by atoms with Gasteiger partial charge in [0.15, 0.2) is 5.11 Å². The quantitative estimate of drug-likeness (QED) is 0.826. The number of hydrazine groups is 1. The van der Waals surface area contributed by atoms with Gasteiger partial charge in [0, 0.05) is 5.02 Å². The van der Waals surface area contributed by atoms with Crippen LogP contribution < -0.4 is 15.8 Å². The maximum absolute atomic E-state index is 5.95. The van der Waals surface area contributed by atoms with Gasteiger partial charge in [-0.1, -0.05) is 41.4 Å². The number of halogens is 1. The Morgan fingerprint density at radius 2 is 1.67 bits per heavy atom. The summed E-state index contributed by atoms with van der Waals surface area (Å²) in [6, 6.07) is 16.0. The van der Waals surface area contributed by atoms with Crippen LogP contribution in [-0.2, 0) is 5.66 Å². The molecule has 0 aromatic heterocycles. The van der Waals surface area contributed by atoms with Crippen LogP contribution in [0, 0.1) is 6.92 Å². The van der Waals surface area contributed by atoms with E-state index >= 15 is 0 Å². The first-order valence-electron chi connectivity index (χ1n) is 6.71. The van der Waals surface area contributed by atoms with Crippen LogP contribution >= 0.6 is 23.8 Å². The molecule has 1 heterocycles. The van der Waals surface area contributed by atoms with E-state index in [0.29, 0.717) is 5.11 Å². The molecule has 1 atom stereocenters. The average molecular weight is 318 g/mol. The van der Waals surface area contributed by atoms with E-state index in [0.717, 1.165) is 16.3 Å². The third-order valence-electron chi connectivity index (χ3n) is 3.61. The molecule has 0 spiro atoms. The first-order valence-corrected chi connectivity index (χ1v) is 7.49. The number of aryl methyl sites for hydroxylation is 1. The van der Waals surface area contributed by atoms with Crippen molar-refractivity contribution in [1.29, 1.82) is 0 Å². The molecular formula is C16H16ClN3S. The van der Waals surface area contributed by atoms with E-state index in [1.54, 1.807) is 0 Å². The lowest BCUT2D eigenvalue weighted by molar-refractivity contribution is 0.390. The lowest BCUT2D eigenvalue weighted by Gasteiger charge is -2.26. The van der Waals surface area contributed by atoms with Crippen molar-refractivity contribution < 1.29 is 0 Å². The van der Waals surface area contributed by atoms with Gasteiger partial charge in [0.2, 0.25) is 0 Å². The van der Waals surface area contributed by atoms with E-state index in [2.05, 4.69) is 36.7 Å². The molecule has 108 valence electrons. The lowest BCUT2D eigenvalue weighted by atomic mass is 10.0. The Balaban J connectivity index is 1.89. The maximum Gasteiger partial charge on any atom is 0.190 e. The summed E-state index contributed by atoms with van der Waals surface area (Å²) < 4.78 is 0. The Bertz CT molecular complexity index is 669. The number of hydrogen-bond acceptors (Lipinski definition) is 2. The highest BCUT2D eigenvalue weighted by molar-refractivity contribution is 7.80. The molecular weight excluding hydrogens is 302 g/mol. The third-order valence-corrected chi connectivity index (χ3v) is 4.15. The molecule has 0 radical (unpaired) electrons. The highest BCUT2D eigenvalue weighted by Crippen LogP contribution is 2.27. The Morgan fingerprint density at radius 1 is 1.05 bits per heavy atom. The van der Waals surface area contributed by atoms with Gasteiger partial charge < -0.3 is 5.32 Å². The smallest absolute Gasteiger partial charge is 0.190 e. The average Bonchev–Trinajstić information content (AvgIpc) is 2.77. The molecule has 3 nitrogen and oxygen atoms in total. The molecule has 5 heteroatoms. The van der Waals surface area contributed by atoms with E-state index in [1.807, 2.05) is 41.4 Å². The molecule has 1 aliphatic rings. The number of nitrogens with zero attached hydrogens (tertiary/aromatic N) is 1.